The number of hydrogen-bond acceptors (Lipinski definition) is 4. The van der Waals surface area contributed by atoms with E-state index < -0.39 is 9.84 Å². The zero-order chi connectivity index (χ0) is 12.2. The van der Waals surface area contributed by atoms with Crippen LogP contribution in [0.2, 0.25) is 0 Å². The first-order valence-electron chi connectivity index (χ1n) is 5.08. The number of rotatable bonds is 6. The highest BCUT2D eigenvalue weighted by Crippen LogP contribution is 2.21. The molecular weight excluding hydrogens is 310 g/mol. The fourth-order valence-electron chi connectivity index (χ4n) is 1.11. The zero-order valence-corrected chi connectivity index (χ0v) is 12.6. The predicted molar refractivity (Wildman–Crippen MR) is 72.6 cm³/mol. The monoisotopic (exact) mass is 325 g/mol. The first kappa shape index (κ1) is 14.2. The zero-order valence-electron chi connectivity index (χ0n) is 9.36. The van der Waals surface area contributed by atoms with E-state index in [4.69, 9.17) is 0 Å². The molecule has 0 atom stereocenters. The molecule has 0 spiro atoms. The van der Waals surface area contributed by atoms with Crippen molar-refractivity contribution in [1.82, 2.24) is 5.32 Å². The number of thiophene rings is 1. The second kappa shape index (κ2) is 6.14. The summed E-state index contributed by atoms with van der Waals surface area (Å²) in [4.78, 5) is 1.20. The summed E-state index contributed by atoms with van der Waals surface area (Å²) in [5.74, 6) is 0.206. The number of halogens is 1. The first-order chi connectivity index (χ1) is 7.42. The van der Waals surface area contributed by atoms with Crippen LogP contribution in [0.25, 0.3) is 0 Å². The normalized spacial score (nSPS) is 12.2. The highest BCUT2D eigenvalue weighted by atomic mass is 79.9. The first-order valence-corrected chi connectivity index (χ1v) is 8.41. The molecule has 3 nitrogen and oxygen atoms in total. The molecule has 0 aliphatic rings. The van der Waals surface area contributed by atoms with Gasteiger partial charge >= 0.3 is 0 Å². The minimum atomic E-state index is -2.92. The molecule has 0 amide bonds. The van der Waals surface area contributed by atoms with Gasteiger partial charge in [-0.25, -0.2) is 8.42 Å². The summed E-state index contributed by atoms with van der Waals surface area (Å²) in [5.41, 5.74) is 0. The predicted octanol–water partition coefficient (Wildman–Crippen LogP) is 2.42. The van der Waals surface area contributed by atoms with Crippen LogP contribution in [0, 0.1) is 0 Å². The van der Waals surface area contributed by atoms with Crippen molar-refractivity contribution in [3.05, 3.63) is 20.8 Å². The third-order valence-electron chi connectivity index (χ3n) is 2.21. The molecule has 1 heterocycles. The molecule has 0 radical (unpaired) electrons. The summed E-state index contributed by atoms with van der Waals surface area (Å²) in [6, 6.07) is 4.02. The summed E-state index contributed by atoms with van der Waals surface area (Å²) in [5, 5.41) is 2.85. The van der Waals surface area contributed by atoms with Gasteiger partial charge in [-0.15, -0.1) is 11.3 Å². The van der Waals surface area contributed by atoms with Gasteiger partial charge in [-0.3, -0.25) is 0 Å². The SMILES string of the molecule is CC(C)S(=O)(=O)CCNCc1ccc(Br)s1. The Balaban J connectivity index is 2.27. The lowest BCUT2D eigenvalue weighted by molar-refractivity contribution is 0.582. The maximum atomic E-state index is 11.5. The Morgan fingerprint density at radius 1 is 1.44 bits per heavy atom. The summed E-state index contributed by atoms with van der Waals surface area (Å²) < 4.78 is 24.1. The molecule has 1 aromatic rings. The van der Waals surface area contributed by atoms with Crippen LogP contribution in [0.5, 0.6) is 0 Å². The largest absolute Gasteiger partial charge is 0.311 e. The van der Waals surface area contributed by atoms with Crippen LogP contribution in [0.15, 0.2) is 15.9 Å². The highest BCUT2D eigenvalue weighted by molar-refractivity contribution is 9.11. The Kier molecular flexibility index (Phi) is 5.43. The summed E-state index contributed by atoms with van der Waals surface area (Å²) in [6.45, 7) is 4.66. The van der Waals surface area contributed by atoms with Crippen LogP contribution < -0.4 is 5.32 Å². The van der Waals surface area contributed by atoms with Crippen LogP contribution in [-0.2, 0) is 16.4 Å². The molecule has 1 aromatic heterocycles. The van der Waals surface area contributed by atoms with Gasteiger partial charge in [0.25, 0.3) is 0 Å². The maximum absolute atomic E-state index is 11.5. The molecule has 0 unspecified atom stereocenters. The van der Waals surface area contributed by atoms with E-state index in [9.17, 15) is 8.42 Å². The van der Waals surface area contributed by atoms with Crippen molar-refractivity contribution >= 4 is 37.1 Å². The Labute approximate surface area is 109 Å². The molecule has 92 valence electrons. The van der Waals surface area contributed by atoms with E-state index in [-0.39, 0.29) is 11.0 Å². The third-order valence-corrected chi connectivity index (χ3v) is 6.04. The molecule has 1 N–H and O–H groups in total. The molecule has 16 heavy (non-hydrogen) atoms. The Morgan fingerprint density at radius 2 is 2.12 bits per heavy atom. The van der Waals surface area contributed by atoms with E-state index in [0.29, 0.717) is 6.54 Å². The summed E-state index contributed by atoms with van der Waals surface area (Å²) in [7, 11) is -2.92. The van der Waals surface area contributed by atoms with Crippen molar-refractivity contribution in [2.75, 3.05) is 12.3 Å². The van der Waals surface area contributed by atoms with Crippen LogP contribution in [0.4, 0.5) is 0 Å². The molecule has 0 aliphatic heterocycles. The van der Waals surface area contributed by atoms with Crippen LogP contribution in [-0.4, -0.2) is 26.0 Å². The molecule has 0 saturated heterocycles. The smallest absolute Gasteiger partial charge is 0.153 e. The van der Waals surface area contributed by atoms with E-state index in [1.54, 1.807) is 25.2 Å². The Hall–Kier alpha value is 0.0900. The van der Waals surface area contributed by atoms with Gasteiger partial charge in [0.05, 0.1) is 14.8 Å². The molecule has 0 aliphatic carbocycles. The van der Waals surface area contributed by atoms with Crippen molar-refractivity contribution in [3.63, 3.8) is 0 Å². The molecule has 1 rings (SSSR count). The Bertz CT molecular complexity index is 426. The van der Waals surface area contributed by atoms with Gasteiger partial charge in [0.2, 0.25) is 0 Å². The van der Waals surface area contributed by atoms with Gasteiger partial charge in [-0.2, -0.15) is 0 Å². The number of hydrogen-bond donors (Lipinski definition) is 1. The van der Waals surface area contributed by atoms with E-state index >= 15 is 0 Å². The van der Waals surface area contributed by atoms with E-state index in [1.165, 1.54) is 4.88 Å². The fourth-order valence-corrected chi connectivity index (χ4v) is 3.46. The number of sulfone groups is 1. The minimum absolute atomic E-state index is 0.206. The van der Waals surface area contributed by atoms with Crippen molar-refractivity contribution in [3.8, 4) is 0 Å². The highest BCUT2D eigenvalue weighted by Gasteiger charge is 2.14. The number of nitrogens with one attached hydrogen (secondary N) is 1. The van der Waals surface area contributed by atoms with Crippen molar-refractivity contribution in [2.24, 2.45) is 0 Å². The van der Waals surface area contributed by atoms with Crippen LogP contribution in [0.3, 0.4) is 0 Å². The third kappa shape index (κ3) is 4.53. The lowest BCUT2D eigenvalue weighted by Crippen LogP contribution is -2.26. The molecule has 0 saturated carbocycles. The van der Waals surface area contributed by atoms with Crippen molar-refractivity contribution in [2.45, 2.75) is 25.6 Å². The molecule has 0 bridgehead atoms. The lowest BCUT2D eigenvalue weighted by Gasteiger charge is -2.07. The molecule has 0 fully saturated rings. The van der Waals surface area contributed by atoms with Gasteiger partial charge in [-0.05, 0) is 41.9 Å². The average molecular weight is 326 g/mol. The molecule has 6 heteroatoms. The second-order valence-electron chi connectivity index (χ2n) is 3.80. The lowest BCUT2D eigenvalue weighted by atomic mass is 10.4. The van der Waals surface area contributed by atoms with Crippen LogP contribution >= 0.6 is 27.3 Å². The minimum Gasteiger partial charge on any atom is -0.311 e. The van der Waals surface area contributed by atoms with E-state index in [1.807, 2.05) is 12.1 Å². The molecular formula is C10H16BrNO2S2. The van der Waals surface area contributed by atoms with Gasteiger partial charge in [-0.1, -0.05) is 0 Å². The topological polar surface area (TPSA) is 46.2 Å². The fraction of sp³-hybridized carbons (Fsp3) is 0.600. The second-order valence-corrected chi connectivity index (χ2v) is 9.02. The van der Waals surface area contributed by atoms with Crippen molar-refractivity contribution in [1.29, 1.82) is 0 Å². The van der Waals surface area contributed by atoms with Gasteiger partial charge in [0.1, 0.15) is 0 Å². The van der Waals surface area contributed by atoms with Crippen molar-refractivity contribution < 1.29 is 8.42 Å². The standard InChI is InChI=1S/C10H16BrNO2S2/c1-8(2)16(13,14)6-5-12-7-9-3-4-10(11)15-9/h3-4,8,12H,5-7H2,1-2H3. The molecule has 0 aromatic carbocycles. The average Bonchev–Trinajstić information content (AvgIpc) is 2.59. The summed E-state index contributed by atoms with van der Waals surface area (Å²) in [6.07, 6.45) is 0. The van der Waals surface area contributed by atoms with Gasteiger partial charge in [0.15, 0.2) is 9.84 Å². The quantitative estimate of drug-likeness (QED) is 0.817. The Morgan fingerprint density at radius 3 is 2.62 bits per heavy atom. The van der Waals surface area contributed by atoms with Gasteiger partial charge in [0, 0.05) is 18.0 Å². The maximum Gasteiger partial charge on any atom is 0.153 e. The van der Waals surface area contributed by atoms with E-state index in [0.717, 1.165) is 10.3 Å². The van der Waals surface area contributed by atoms with Crippen LogP contribution in [0.1, 0.15) is 18.7 Å². The van der Waals surface area contributed by atoms with Gasteiger partial charge < -0.3 is 5.32 Å². The van der Waals surface area contributed by atoms with E-state index in [2.05, 4.69) is 21.2 Å². The summed E-state index contributed by atoms with van der Waals surface area (Å²) >= 11 is 5.04.